The van der Waals surface area contributed by atoms with Gasteiger partial charge in [0.15, 0.2) is 11.5 Å². The molecule has 0 amide bonds. The average Bonchev–Trinajstić information content (AvgIpc) is 3.07. The number of rotatable bonds is 6. The van der Waals surface area contributed by atoms with E-state index in [4.69, 9.17) is 4.74 Å². The number of anilines is 1. The molecule has 0 aliphatic carbocycles. The molecule has 0 spiro atoms. The molecule has 0 unspecified atom stereocenters. The molecule has 3 aromatic rings. The smallest absolute Gasteiger partial charge is 0.377 e. The monoisotopic (exact) mass is 379 g/mol. The van der Waals surface area contributed by atoms with E-state index in [9.17, 15) is 13.2 Å². The lowest BCUT2D eigenvalue weighted by atomic mass is 10.1. The molecule has 0 saturated heterocycles. The van der Waals surface area contributed by atoms with Crippen molar-refractivity contribution in [2.24, 2.45) is 0 Å². The second-order valence-electron chi connectivity index (χ2n) is 6.16. The lowest BCUT2D eigenvalue weighted by molar-refractivity contribution is -0.146. The highest BCUT2D eigenvalue weighted by Gasteiger charge is 2.38. The van der Waals surface area contributed by atoms with Crippen molar-refractivity contribution >= 4 is 11.5 Å². The fourth-order valence-corrected chi connectivity index (χ4v) is 2.63. The van der Waals surface area contributed by atoms with Crippen molar-refractivity contribution in [3.63, 3.8) is 0 Å². The molecule has 2 aromatic heterocycles. The Morgan fingerprint density at radius 2 is 1.70 bits per heavy atom. The van der Waals surface area contributed by atoms with Crippen LogP contribution in [0.5, 0.6) is 0 Å². The molecule has 9 heteroatoms. The van der Waals surface area contributed by atoms with Gasteiger partial charge in [-0.05, 0) is 37.5 Å². The van der Waals surface area contributed by atoms with Crippen molar-refractivity contribution in [3.8, 4) is 0 Å². The second kappa shape index (κ2) is 7.51. The van der Waals surface area contributed by atoms with Crippen LogP contribution in [0.15, 0.2) is 24.3 Å². The van der Waals surface area contributed by atoms with Gasteiger partial charge in [0.2, 0.25) is 0 Å². The zero-order valence-electron chi connectivity index (χ0n) is 15.3. The van der Waals surface area contributed by atoms with Crippen LogP contribution in [0.25, 0.3) is 5.65 Å². The summed E-state index contributed by atoms with van der Waals surface area (Å²) >= 11 is 0. The van der Waals surface area contributed by atoms with Crippen molar-refractivity contribution in [1.29, 1.82) is 0 Å². The van der Waals surface area contributed by atoms with Crippen LogP contribution in [0.3, 0.4) is 0 Å². The van der Waals surface area contributed by atoms with Crippen LogP contribution in [-0.2, 0) is 24.1 Å². The molecule has 0 saturated carbocycles. The number of hydrogen-bond acceptors (Lipinski definition) is 5. The molecule has 144 valence electrons. The Hall–Kier alpha value is -2.68. The highest BCUT2D eigenvalue weighted by atomic mass is 19.4. The van der Waals surface area contributed by atoms with Crippen LogP contribution in [0, 0.1) is 13.8 Å². The molecular formula is C18H20F3N5O. The SMILES string of the molecule is CCOCc1ccc(CNc2nn3c(C(F)(F)F)nnc3c(C)c2C)cc1. The van der Waals surface area contributed by atoms with Gasteiger partial charge < -0.3 is 10.1 Å². The number of ether oxygens (including phenoxy) is 1. The summed E-state index contributed by atoms with van der Waals surface area (Å²) in [5, 5.41) is 14.1. The molecule has 0 bridgehead atoms. The molecule has 0 atom stereocenters. The fourth-order valence-electron chi connectivity index (χ4n) is 2.63. The topological polar surface area (TPSA) is 64.3 Å². The number of aromatic nitrogens is 4. The lowest BCUT2D eigenvalue weighted by Gasteiger charge is -2.13. The van der Waals surface area contributed by atoms with E-state index < -0.39 is 12.0 Å². The molecule has 1 aromatic carbocycles. The Kier molecular flexibility index (Phi) is 5.31. The van der Waals surface area contributed by atoms with Crippen LogP contribution in [0.4, 0.5) is 19.0 Å². The average molecular weight is 379 g/mol. The van der Waals surface area contributed by atoms with E-state index in [1.807, 2.05) is 31.2 Å². The highest BCUT2D eigenvalue weighted by Crippen LogP contribution is 2.29. The summed E-state index contributed by atoms with van der Waals surface area (Å²) in [6.07, 6.45) is -4.62. The summed E-state index contributed by atoms with van der Waals surface area (Å²) in [5.41, 5.74) is 3.48. The predicted molar refractivity (Wildman–Crippen MR) is 94.4 cm³/mol. The number of halogens is 3. The first-order valence-electron chi connectivity index (χ1n) is 8.50. The van der Waals surface area contributed by atoms with Gasteiger partial charge in [0.1, 0.15) is 0 Å². The van der Waals surface area contributed by atoms with E-state index in [1.165, 1.54) is 0 Å². The van der Waals surface area contributed by atoms with Gasteiger partial charge in [-0.15, -0.1) is 15.3 Å². The summed E-state index contributed by atoms with van der Waals surface area (Å²) < 4.78 is 45.4. The van der Waals surface area contributed by atoms with Crippen LogP contribution < -0.4 is 5.32 Å². The second-order valence-corrected chi connectivity index (χ2v) is 6.16. The maximum atomic E-state index is 13.1. The standard InChI is InChI=1S/C18H20F3N5O/c1-4-27-10-14-7-5-13(6-8-14)9-22-15-11(2)12(3)16-23-24-17(18(19,20)21)26(16)25-15/h5-8H,4,9-10H2,1-3H3,(H,22,25). The molecule has 27 heavy (non-hydrogen) atoms. The molecule has 2 heterocycles. The lowest BCUT2D eigenvalue weighted by Crippen LogP contribution is -2.15. The summed E-state index contributed by atoms with van der Waals surface area (Å²) in [7, 11) is 0. The number of nitrogens with one attached hydrogen (secondary N) is 1. The largest absolute Gasteiger partial charge is 0.453 e. The number of alkyl halides is 3. The molecule has 0 fully saturated rings. The quantitative estimate of drug-likeness (QED) is 0.704. The normalized spacial score (nSPS) is 11.9. The van der Waals surface area contributed by atoms with Gasteiger partial charge in [-0.1, -0.05) is 24.3 Å². The molecular weight excluding hydrogens is 359 g/mol. The number of aryl methyl sites for hydroxylation is 1. The van der Waals surface area contributed by atoms with Gasteiger partial charge in [0, 0.05) is 18.7 Å². The first-order valence-corrected chi connectivity index (χ1v) is 8.50. The van der Waals surface area contributed by atoms with Crippen LogP contribution in [-0.4, -0.2) is 26.4 Å². The van der Waals surface area contributed by atoms with Crippen molar-refractivity contribution < 1.29 is 17.9 Å². The zero-order chi connectivity index (χ0) is 19.6. The van der Waals surface area contributed by atoms with Crippen LogP contribution in [0.1, 0.15) is 35.0 Å². The third-order valence-corrected chi connectivity index (χ3v) is 4.30. The Balaban J connectivity index is 1.83. The van der Waals surface area contributed by atoms with E-state index in [-0.39, 0.29) is 5.65 Å². The number of hydrogen-bond donors (Lipinski definition) is 1. The number of nitrogens with zero attached hydrogens (tertiary/aromatic N) is 4. The molecule has 0 radical (unpaired) electrons. The summed E-state index contributed by atoms with van der Waals surface area (Å²) in [4.78, 5) is 0. The molecule has 3 rings (SSSR count). The Morgan fingerprint density at radius 1 is 1.04 bits per heavy atom. The van der Waals surface area contributed by atoms with Gasteiger partial charge in [0.25, 0.3) is 5.82 Å². The van der Waals surface area contributed by atoms with Gasteiger partial charge >= 0.3 is 6.18 Å². The van der Waals surface area contributed by atoms with Crippen LogP contribution >= 0.6 is 0 Å². The Morgan fingerprint density at radius 3 is 2.33 bits per heavy atom. The molecule has 1 N–H and O–H groups in total. The Bertz CT molecular complexity index is 935. The van der Waals surface area contributed by atoms with E-state index in [0.717, 1.165) is 21.2 Å². The van der Waals surface area contributed by atoms with Crippen LogP contribution in [0.2, 0.25) is 0 Å². The maximum Gasteiger partial charge on any atom is 0.453 e. The van der Waals surface area contributed by atoms with Crippen molar-refractivity contribution in [2.75, 3.05) is 11.9 Å². The highest BCUT2D eigenvalue weighted by molar-refractivity contribution is 5.58. The molecule has 6 nitrogen and oxygen atoms in total. The summed E-state index contributed by atoms with van der Waals surface area (Å²) in [6, 6.07) is 7.82. The third-order valence-electron chi connectivity index (χ3n) is 4.30. The van der Waals surface area contributed by atoms with E-state index in [1.54, 1.807) is 13.8 Å². The zero-order valence-corrected chi connectivity index (χ0v) is 15.3. The third kappa shape index (κ3) is 4.02. The Labute approximate surface area is 154 Å². The molecule has 0 aliphatic heterocycles. The van der Waals surface area contributed by atoms with Crippen molar-refractivity contribution in [2.45, 2.75) is 40.1 Å². The van der Waals surface area contributed by atoms with E-state index in [2.05, 4.69) is 20.6 Å². The fraction of sp³-hybridized carbons (Fsp3) is 0.389. The van der Waals surface area contributed by atoms with Gasteiger partial charge in [0.05, 0.1) is 6.61 Å². The predicted octanol–water partition coefficient (Wildman–Crippen LogP) is 3.91. The van der Waals surface area contributed by atoms with Gasteiger partial charge in [-0.2, -0.15) is 17.7 Å². The first kappa shape index (κ1) is 19.1. The van der Waals surface area contributed by atoms with Gasteiger partial charge in [-0.25, -0.2) is 0 Å². The number of benzene rings is 1. The summed E-state index contributed by atoms with van der Waals surface area (Å²) in [6.45, 7) is 7.06. The minimum Gasteiger partial charge on any atom is -0.377 e. The van der Waals surface area contributed by atoms with Gasteiger partial charge in [-0.3, -0.25) is 0 Å². The minimum atomic E-state index is -4.62. The number of fused-ring (bicyclic) bond motifs is 1. The van der Waals surface area contributed by atoms with E-state index >= 15 is 0 Å². The van der Waals surface area contributed by atoms with Crippen molar-refractivity contribution in [3.05, 3.63) is 52.3 Å². The van der Waals surface area contributed by atoms with Crippen molar-refractivity contribution in [1.82, 2.24) is 19.8 Å². The minimum absolute atomic E-state index is 0.102. The first-order chi connectivity index (χ1) is 12.8. The van der Waals surface area contributed by atoms with E-state index in [0.29, 0.717) is 31.1 Å². The summed E-state index contributed by atoms with van der Waals surface area (Å²) in [5.74, 6) is -0.771. The molecule has 0 aliphatic rings. The maximum absolute atomic E-state index is 13.1.